The van der Waals surface area contributed by atoms with Gasteiger partial charge in [-0.25, -0.2) is 13.2 Å². The highest BCUT2D eigenvalue weighted by atomic mass is 32.2. The van der Waals surface area contributed by atoms with Crippen molar-refractivity contribution in [1.82, 2.24) is 24.3 Å². The third-order valence-electron chi connectivity index (χ3n) is 3.29. The molecule has 0 bridgehead atoms. The Balaban J connectivity index is 2.08. The van der Waals surface area contributed by atoms with E-state index in [2.05, 4.69) is 10.2 Å². The second kappa shape index (κ2) is 5.41. The highest BCUT2D eigenvalue weighted by Crippen LogP contribution is 2.19. The Kier molecular flexibility index (Phi) is 4.00. The molecule has 2 heterocycles. The first-order valence-electron chi connectivity index (χ1n) is 6.30. The van der Waals surface area contributed by atoms with Crippen LogP contribution in [0.3, 0.4) is 0 Å². The van der Waals surface area contributed by atoms with Crippen molar-refractivity contribution in [2.75, 3.05) is 40.3 Å². The number of rotatable bonds is 2. The largest absolute Gasteiger partial charge is 0.331 e. The highest BCUT2D eigenvalue weighted by Gasteiger charge is 2.32. The minimum Gasteiger partial charge on any atom is -0.331 e. The maximum Gasteiger partial charge on any atom is 0.319 e. The second-order valence-electron chi connectivity index (χ2n) is 4.93. The smallest absolute Gasteiger partial charge is 0.319 e. The fraction of sp³-hybridized carbons (Fsp3) is 0.636. The van der Waals surface area contributed by atoms with Crippen LogP contribution >= 0.6 is 0 Å². The molecule has 0 radical (unpaired) electrons. The number of carbonyl (C=O) groups is 1. The number of nitrogens with one attached hydrogen (secondary N) is 1. The topological polar surface area (TPSA) is 89.6 Å². The number of amides is 2. The maximum atomic E-state index is 12.4. The van der Waals surface area contributed by atoms with Gasteiger partial charge >= 0.3 is 6.03 Å². The van der Waals surface area contributed by atoms with Gasteiger partial charge in [0.25, 0.3) is 0 Å². The normalized spacial score (nSPS) is 17.2. The summed E-state index contributed by atoms with van der Waals surface area (Å²) in [6.07, 6.45) is 1.32. The van der Waals surface area contributed by atoms with Crippen LogP contribution < -0.4 is 0 Å². The Morgan fingerprint density at radius 3 is 2.35 bits per heavy atom. The minimum absolute atomic E-state index is 0.0958. The molecular formula is C11H19N5O3S. The average molecular weight is 301 g/mol. The Hall–Kier alpha value is -1.61. The maximum absolute atomic E-state index is 12.4. The van der Waals surface area contributed by atoms with Gasteiger partial charge in [0, 0.05) is 40.3 Å². The van der Waals surface area contributed by atoms with Gasteiger partial charge in [-0.1, -0.05) is 0 Å². The first-order valence-corrected chi connectivity index (χ1v) is 7.74. The summed E-state index contributed by atoms with van der Waals surface area (Å²) in [6.45, 7) is 3.06. The van der Waals surface area contributed by atoms with Gasteiger partial charge in [-0.3, -0.25) is 5.10 Å². The Bertz CT molecular complexity index is 587. The van der Waals surface area contributed by atoms with E-state index in [1.165, 1.54) is 15.4 Å². The molecule has 0 saturated carbocycles. The van der Waals surface area contributed by atoms with Crippen LogP contribution in [0.5, 0.6) is 0 Å². The van der Waals surface area contributed by atoms with Crippen molar-refractivity contribution in [3.05, 3.63) is 11.9 Å². The van der Waals surface area contributed by atoms with E-state index in [1.54, 1.807) is 25.9 Å². The van der Waals surface area contributed by atoms with Crippen LogP contribution in [0.1, 0.15) is 5.69 Å². The van der Waals surface area contributed by atoms with Gasteiger partial charge in [0.05, 0.1) is 11.9 Å². The molecule has 1 saturated heterocycles. The Labute approximate surface area is 118 Å². The number of carbonyl (C=O) groups excluding carboxylic acids is 1. The molecule has 1 N–H and O–H groups in total. The van der Waals surface area contributed by atoms with Crippen LogP contribution in [-0.4, -0.2) is 79.0 Å². The van der Waals surface area contributed by atoms with Gasteiger partial charge in [-0.2, -0.15) is 9.40 Å². The van der Waals surface area contributed by atoms with Crippen LogP contribution in [0.2, 0.25) is 0 Å². The van der Waals surface area contributed by atoms with Gasteiger partial charge in [0.1, 0.15) is 4.90 Å². The standard InChI is InChI=1S/C11H19N5O3S/c1-9-10(8-12-13-9)20(18,19)16-6-4-15(5-7-16)11(17)14(2)3/h8H,4-7H2,1-3H3,(H,12,13). The SMILES string of the molecule is Cc1[nH]ncc1S(=O)(=O)N1CCN(C(=O)N(C)C)CC1. The molecule has 8 nitrogen and oxygen atoms in total. The van der Waals surface area contributed by atoms with Crippen LogP contribution in [0.25, 0.3) is 0 Å². The number of H-pyrrole nitrogens is 1. The molecule has 112 valence electrons. The van der Waals surface area contributed by atoms with Crippen molar-refractivity contribution in [2.24, 2.45) is 0 Å². The molecule has 1 fully saturated rings. The second-order valence-corrected chi connectivity index (χ2v) is 6.83. The number of hydrogen-bond acceptors (Lipinski definition) is 4. The molecule has 1 aliphatic rings. The first-order chi connectivity index (χ1) is 9.34. The molecule has 2 amide bonds. The Morgan fingerprint density at radius 1 is 1.30 bits per heavy atom. The van der Waals surface area contributed by atoms with Crippen molar-refractivity contribution < 1.29 is 13.2 Å². The lowest BCUT2D eigenvalue weighted by molar-refractivity contribution is 0.149. The zero-order valence-electron chi connectivity index (χ0n) is 11.8. The van der Waals surface area contributed by atoms with E-state index in [0.29, 0.717) is 31.9 Å². The lowest BCUT2D eigenvalue weighted by Gasteiger charge is -2.35. The lowest BCUT2D eigenvalue weighted by Crippen LogP contribution is -2.52. The van der Waals surface area contributed by atoms with Gasteiger partial charge in [0.2, 0.25) is 10.0 Å². The molecule has 1 aromatic rings. The zero-order valence-corrected chi connectivity index (χ0v) is 12.6. The molecule has 1 aromatic heterocycles. The summed E-state index contributed by atoms with van der Waals surface area (Å²) in [5.41, 5.74) is 0.525. The molecule has 0 aromatic carbocycles. The van der Waals surface area contributed by atoms with Crippen molar-refractivity contribution in [3.63, 3.8) is 0 Å². The number of nitrogens with zero attached hydrogens (tertiary/aromatic N) is 4. The predicted octanol–water partition coefficient (Wildman–Crippen LogP) is -0.294. The molecule has 2 rings (SSSR count). The summed E-state index contributed by atoms with van der Waals surface area (Å²) in [7, 11) is -0.169. The number of aromatic amines is 1. The van der Waals surface area contributed by atoms with Crippen LogP contribution in [-0.2, 0) is 10.0 Å². The summed E-state index contributed by atoms with van der Waals surface area (Å²) in [5, 5.41) is 6.38. The quantitative estimate of drug-likeness (QED) is 0.812. The van der Waals surface area contributed by atoms with E-state index < -0.39 is 10.0 Å². The third kappa shape index (κ3) is 2.63. The van der Waals surface area contributed by atoms with E-state index in [4.69, 9.17) is 0 Å². The van der Waals surface area contributed by atoms with Crippen molar-refractivity contribution >= 4 is 16.1 Å². The molecule has 0 unspecified atom stereocenters. The van der Waals surface area contributed by atoms with E-state index in [0.717, 1.165) is 0 Å². The number of sulfonamides is 1. The van der Waals surface area contributed by atoms with E-state index >= 15 is 0 Å². The zero-order chi connectivity index (χ0) is 14.9. The van der Waals surface area contributed by atoms with Crippen molar-refractivity contribution in [2.45, 2.75) is 11.8 Å². The van der Waals surface area contributed by atoms with Gasteiger partial charge in [-0.15, -0.1) is 0 Å². The summed E-state index contributed by atoms with van der Waals surface area (Å²) in [5.74, 6) is 0. The molecule has 0 aliphatic carbocycles. The van der Waals surface area contributed by atoms with E-state index in [1.807, 2.05) is 0 Å². The monoisotopic (exact) mass is 301 g/mol. The van der Waals surface area contributed by atoms with E-state index in [-0.39, 0.29) is 10.9 Å². The fourth-order valence-corrected chi connectivity index (χ4v) is 3.68. The minimum atomic E-state index is -3.53. The molecule has 0 atom stereocenters. The third-order valence-corrected chi connectivity index (χ3v) is 5.31. The number of piperazine rings is 1. The number of aromatic nitrogens is 2. The van der Waals surface area contributed by atoms with Crippen molar-refractivity contribution in [1.29, 1.82) is 0 Å². The molecule has 0 spiro atoms. The van der Waals surface area contributed by atoms with Gasteiger partial charge in [0.15, 0.2) is 0 Å². The molecule has 20 heavy (non-hydrogen) atoms. The number of urea groups is 1. The van der Waals surface area contributed by atoms with Crippen LogP contribution in [0, 0.1) is 6.92 Å². The summed E-state index contributed by atoms with van der Waals surface area (Å²) >= 11 is 0. The lowest BCUT2D eigenvalue weighted by atomic mass is 10.4. The highest BCUT2D eigenvalue weighted by molar-refractivity contribution is 7.89. The average Bonchev–Trinajstić information content (AvgIpc) is 2.85. The van der Waals surface area contributed by atoms with E-state index in [9.17, 15) is 13.2 Å². The van der Waals surface area contributed by atoms with Gasteiger partial charge < -0.3 is 9.80 Å². The van der Waals surface area contributed by atoms with Gasteiger partial charge in [-0.05, 0) is 6.92 Å². The fourth-order valence-electron chi connectivity index (χ4n) is 2.14. The van der Waals surface area contributed by atoms with Crippen LogP contribution in [0.4, 0.5) is 4.79 Å². The Morgan fingerprint density at radius 2 is 1.90 bits per heavy atom. The summed E-state index contributed by atoms with van der Waals surface area (Å²) in [6, 6.07) is -0.0958. The molecule has 1 aliphatic heterocycles. The van der Waals surface area contributed by atoms with Crippen LogP contribution in [0.15, 0.2) is 11.1 Å². The number of aryl methyl sites for hydroxylation is 1. The molecular weight excluding hydrogens is 282 g/mol. The van der Waals surface area contributed by atoms with Crippen molar-refractivity contribution in [3.8, 4) is 0 Å². The summed E-state index contributed by atoms with van der Waals surface area (Å²) in [4.78, 5) is 15.1. The number of hydrogen-bond donors (Lipinski definition) is 1. The first kappa shape index (κ1) is 14.8. The summed E-state index contributed by atoms with van der Waals surface area (Å²) < 4.78 is 26.3. The molecule has 9 heteroatoms. The predicted molar refractivity (Wildman–Crippen MR) is 72.7 cm³/mol.